The van der Waals surface area contributed by atoms with E-state index in [0.29, 0.717) is 19.8 Å². The second-order valence-corrected chi connectivity index (χ2v) is 5.47. The first-order valence-electron chi connectivity index (χ1n) is 8.16. The van der Waals surface area contributed by atoms with Crippen molar-refractivity contribution in [2.75, 3.05) is 20.3 Å². The number of hydrogen-bond acceptors (Lipinski definition) is 5. The van der Waals surface area contributed by atoms with Crippen molar-refractivity contribution in [3.63, 3.8) is 0 Å². The number of methoxy groups -OCH3 is 1. The molecular formula is C18H23N3O4. The number of aromatic nitrogens is 2. The first-order chi connectivity index (χ1) is 12.0. The molecule has 1 amide bonds. The minimum absolute atomic E-state index is 0.188. The summed E-state index contributed by atoms with van der Waals surface area (Å²) in [5, 5.41) is 6.96. The maximum absolute atomic E-state index is 12.4. The second-order valence-electron chi connectivity index (χ2n) is 5.47. The number of ether oxygens (including phenoxy) is 2. The molecular weight excluding hydrogens is 322 g/mol. The molecule has 0 spiro atoms. The SMILES string of the molecule is CCOc1ccc(C(C)NC(=O)c2ccc(=O)n(CCOC)n2)cc1. The molecule has 0 saturated carbocycles. The molecule has 0 aliphatic rings. The van der Waals surface area contributed by atoms with E-state index >= 15 is 0 Å². The average Bonchev–Trinajstić information content (AvgIpc) is 2.61. The summed E-state index contributed by atoms with van der Waals surface area (Å²) in [7, 11) is 1.54. The average molecular weight is 345 g/mol. The van der Waals surface area contributed by atoms with Crippen molar-refractivity contribution in [2.45, 2.75) is 26.4 Å². The van der Waals surface area contributed by atoms with Crippen LogP contribution in [0.15, 0.2) is 41.2 Å². The number of carbonyl (C=O) groups excluding carboxylic acids is 1. The van der Waals surface area contributed by atoms with E-state index in [9.17, 15) is 9.59 Å². The van der Waals surface area contributed by atoms with Crippen molar-refractivity contribution in [1.82, 2.24) is 15.1 Å². The van der Waals surface area contributed by atoms with Gasteiger partial charge in [0.15, 0.2) is 0 Å². The predicted octanol–water partition coefficient (Wildman–Crippen LogP) is 1.78. The number of hydrogen-bond donors (Lipinski definition) is 1. The van der Waals surface area contributed by atoms with Crippen LogP contribution in [-0.4, -0.2) is 36.0 Å². The summed E-state index contributed by atoms with van der Waals surface area (Å²) >= 11 is 0. The van der Waals surface area contributed by atoms with E-state index in [0.717, 1.165) is 11.3 Å². The van der Waals surface area contributed by atoms with Gasteiger partial charge in [-0.25, -0.2) is 4.68 Å². The van der Waals surface area contributed by atoms with Crippen LogP contribution in [0.5, 0.6) is 5.75 Å². The summed E-state index contributed by atoms with van der Waals surface area (Å²) in [6, 6.07) is 10.1. The third-order valence-corrected chi connectivity index (χ3v) is 3.65. The van der Waals surface area contributed by atoms with Crippen LogP contribution in [0, 0.1) is 0 Å². The molecule has 2 rings (SSSR count). The van der Waals surface area contributed by atoms with Crippen LogP contribution in [0.4, 0.5) is 0 Å². The normalized spacial score (nSPS) is 11.8. The Labute approximate surface area is 146 Å². The molecule has 0 saturated heterocycles. The zero-order chi connectivity index (χ0) is 18.2. The van der Waals surface area contributed by atoms with Gasteiger partial charge in [0.1, 0.15) is 11.4 Å². The lowest BCUT2D eigenvalue weighted by Gasteiger charge is -2.15. The van der Waals surface area contributed by atoms with Crippen molar-refractivity contribution in [3.05, 3.63) is 58.0 Å². The van der Waals surface area contributed by atoms with E-state index in [-0.39, 0.29) is 23.2 Å². The van der Waals surface area contributed by atoms with Crippen molar-refractivity contribution in [2.24, 2.45) is 0 Å². The van der Waals surface area contributed by atoms with Crippen LogP contribution >= 0.6 is 0 Å². The van der Waals surface area contributed by atoms with Crippen molar-refractivity contribution < 1.29 is 14.3 Å². The van der Waals surface area contributed by atoms with Gasteiger partial charge >= 0.3 is 0 Å². The van der Waals surface area contributed by atoms with E-state index in [1.165, 1.54) is 16.8 Å². The minimum Gasteiger partial charge on any atom is -0.494 e. The topological polar surface area (TPSA) is 82.5 Å². The van der Waals surface area contributed by atoms with E-state index in [1.807, 2.05) is 38.1 Å². The highest BCUT2D eigenvalue weighted by molar-refractivity contribution is 5.92. The number of nitrogens with one attached hydrogen (secondary N) is 1. The lowest BCUT2D eigenvalue weighted by Crippen LogP contribution is -2.31. The number of amides is 1. The Balaban J connectivity index is 2.06. The maximum Gasteiger partial charge on any atom is 0.272 e. The van der Waals surface area contributed by atoms with Gasteiger partial charge in [-0.05, 0) is 37.6 Å². The quantitative estimate of drug-likeness (QED) is 0.788. The lowest BCUT2D eigenvalue weighted by molar-refractivity contribution is 0.0931. The van der Waals surface area contributed by atoms with Crippen molar-refractivity contribution >= 4 is 5.91 Å². The number of carbonyl (C=O) groups is 1. The molecule has 1 aromatic carbocycles. The number of nitrogens with zero attached hydrogens (tertiary/aromatic N) is 2. The van der Waals surface area contributed by atoms with Gasteiger partial charge in [0.2, 0.25) is 0 Å². The Morgan fingerprint density at radius 1 is 1.24 bits per heavy atom. The number of benzene rings is 1. The van der Waals surface area contributed by atoms with Crippen LogP contribution in [-0.2, 0) is 11.3 Å². The monoisotopic (exact) mass is 345 g/mol. The molecule has 7 heteroatoms. The molecule has 0 radical (unpaired) electrons. The summed E-state index contributed by atoms with van der Waals surface area (Å²) in [6.07, 6.45) is 0. The third kappa shape index (κ3) is 5.15. The fourth-order valence-corrected chi connectivity index (χ4v) is 2.28. The van der Waals surface area contributed by atoms with Gasteiger partial charge in [-0.2, -0.15) is 5.10 Å². The molecule has 0 fully saturated rings. The smallest absolute Gasteiger partial charge is 0.272 e. The van der Waals surface area contributed by atoms with Gasteiger partial charge in [-0.1, -0.05) is 12.1 Å². The lowest BCUT2D eigenvalue weighted by atomic mass is 10.1. The molecule has 1 N–H and O–H groups in total. The van der Waals surface area contributed by atoms with E-state index in [2.05, 4.69) is 10.4 Å². The maximum atomic E-state index is 12.4. The molecule has 7 nitrogen and oxygen atoms in total. The van der Waals surface area contributed by atoms with Gasteiger partial charge in [-0.3, -0.25) is 9.59 Å². The molecule has 134 valence electrons. The molecule has 1 atom stereocenters. The summed E-state index contributed by atoms with van der Waals surface area (Å²) in [4.78, 5) is 24.1. The third-order valence-electron chi connectivity index (χ3n) is 3.65. The largest absolute Gasteiger partial charge is 0.494 e. The zero-order valence-corrected chi connectivity index (χ0v) is 14.7. The Kier molecular flexibility index (Phi) is 6.71. The molecule has 2 aromatic rings. The van der Waals surface area contributed by atoms with Gasteiger partial charge in [0, 0.05) is 13.2 Å². The van der Waals surface area contributed by atoms with E-state index in [4.69, 9.17) is 9.47 Å². The highest BCUT2D eigenvalue weighted by Crippen LogP contribution is 2.17. The molecule has 25 heavy (non-hydrogen) atoms. The highest BCUT2D eigenvalue weighted by atomic mass is 16.5. The highest BCUT2D eigenvalue weighted by Gasteiger charge is 2.14. The number of rotatable bonds is 8. The zero-order valence-electron chi connectivity index (χ0n) is 14.7. The van der Waals surface area contributed by atoms with Crippen LogP contribution in [0.1, 0.15) is 35.9 Å². The fraction of sp³-hybridized carbons (Fsp3) is 0.389. The van der Waals surface area contributed by atoms with E-state index < -0.39 is 0 Å². The minimum atomic E-state index is -0.340. The molecule has 0 aliphatic carbocycles. The standard InChI is InChI=1S/C18H23N3O4/c1-4-25-15-7-5-14(6-8-15)13(2)19-18(23)16-9-10-17(22)21(20-16)11-12-24-3/h5-10,13H,4,11-12H2,1-3H3,(H,19,23). The second kappa shape index (κ2) is 8.98. The predicted molar refractivity (Wildman–Crippen MR) is 93.9 cm³/mol. The van der Waals surface area contributed by atoms with Crippen LogP contribution < -0.4 is 15.6 Å². The van der Waals surface area contributed by atoms with Crippen molar-refractivity contribution in [3.8, 4) is 5.75 Å². The molecule has 1 heterocycles. The Bertz CT molecular complexity index is 756. The first-order valence-corrected chi connectivity index (χ1v) is 8.16. The molecule has 1 unspecified atom stereocenters. The van der Waals surface area contributed by atoms with Gasteiger partial charge in [-0.15, -0.1) is 0 Å². The van der Waals surface area contributed by atoms with Crippen LogP contribution in [0.3, 0.4) is 0 Å². The van der Waals surface area contributed by atoms with Gasteiger partial charge in [0.05, 0.1) is 25.8 Å². The van der Waals surface area contributed by atoms with Crippen LogP contribution in [0.25, 0.3) is 0 Å². The first kappa shape index (κ1) is 18.7. The van der Waals surface area contributed by atoms with Gasteiger partial charge < -0.3 is 14.8 Å². The Hall–Kier alpha value is -2.67. The Morgan fingerprint density at radius 3 is 2.60 bits per heavy atom. The van der Waals surface area contributed by atoms with Gasteiger partial charge in [0.25, 0.3) is 11.5 Å². The van der Waals surface area contributed by atoms with E-state index in [1.54, 1.807) is 7.11 Å². The molecule has 1 aromatic heterocycles. The van der Waals surface area contributed by atoms with Crippen molar-refractivity contribution in [1.29, 1.82) is 0 Å². The summed E-state index contributed by atoms with van der Waals surface area (Å²) < 4.78 is 11.6. The summed E-state index contributed by atoms with van der Waals surface area (Å²) in [5.74, 6) is 0.448. The summed E-state index contributed by atoms with van der Waals surface area (Å²) in [6.45, 7) is 5.06. The summed E-state index contributed by atoms with van der Waals surface area (Å²) in [5.41, 5.74) is 0.867. The van der Waals surface area contributed by atoms with Crippen LogP contribution in [0.2, 0.25) is 0 Å². The Morgan fingerprint density at radius 2 is 1.96 bits per heavy atom. The molecule has 0 bridgehead atoms. The molecule has 0 aliphatic heterocycles. The fourth-order valence-electron chi connectivity index (χ4n) is 2.28.